The van der Waals surface area contributed by atoms with Crippen LogP contribution >= 0.6 is 11.6 Å². The van der Waals surface area contributed by atoms with E-state index in [1.165, 1.54) is 12.1 Å². The molecule has 0 radical (unpaired) electrons. The van der Waals surface area contributed by atoms with Crippen LogP contribution in [0.5, 0.6) is 0 Å². The first-order chi connectivity index (χ1) is 6.99. The van der Waals surface area contributed by atoms with Gasteiger partial charge >= 0.3 is 5.69 Å². The molecule has 0 unspecified atom stereocenters. The lowest BCUT2D eigenvalue weighted by molar-refractivity contribution is -0.383. The smallest absolute Gasteiger partial charge is 0.310 e. The summed E-state index contributed by atoms with van der Waals surface area (Å²) in [5.74, 6) is 0. The van der Waals surface area contributed by atoms with E-state index in [1.54, 1.807) is 0 Å². The summed E-state index contributed by atoms with van der Waals surface area (Å²) in [6, 6.07) is 2.05. The standard InChI is InChI=1S/C8H10ClN3O3/c9-7-4(6(11)3-13)1-2-5(10)8(7)12(14)15/h1-2,6,13H,3,10-11H2/t6-/m0/s1. The van der Waals surface area contributed by atoms with E-state index in [9.17, 15) is 10.1 Å². The second-order valence-electron chi connectivity index (χ2n) is 2.95. The van der Waals surface area contributed by atoms with Crippen molar-refractivity contribution in [3.05, 3.63) is 32.8 Å². The van der Waals surface area contributed by atoms with Crippen LogP contribution in [0.4, 0.5) is 11.4 Å². The van der Waals surface area contributed by atoms with Crippen molar-refractivity contribution in [2.45, 2.75) is 6.04 Å². The van der Waals surface area contributed by atoms with Crippen LogP contribution in [0.2, 0.25) is 5.02 Å². The summed E-state index contributed by atoms with van der Waals surface area (Å²) in [5, 5.41) is 19.3. The van der Waals surface area contributed by atoms with E-state index in [0.29, 0.717) is 5.56 Å². The number of aliphatic hydroxyl groups excluding tert-OH is 1. The number of nitrogens with two attached hydrogens (primary N) is 2. The number of nitrogens with zero attached hydrogens (tertiary/aromatic N) is 1. The highest BCUT2D eigenvalue weighted by atomic mass is 35.5. The fourth-order valence-corrected chi connectivity index (χ4v) is 1.55. The molecule has 0 aromatic heterocycles. The molecule has 0 aliphatic carbocycles. The van der Waals surface area contributed by atoms with E-state index in [1.807, 2.05) is 0 Å². The number of nitro groups is 1. The maximum atomic E-state index is 10.6. The van der Waals surface area contributed by atoms with Gasteiger partial charge < -0.3 is 16.6 Å². The molecule has 0 saturated carbocycles. The third-order valence-corrected chi connectivity index (χ3v) is 2.35. The molecule has 1 aromatic carbocycles. The summed E-state index contributed by atoms with van der Waals surface area (Å²) in [5.41, 5.74) is 10.8. The number of nitrogen functional groups attached to an aromatic ring is 1. The highest BCUT2D eigenvalue weighted by molar-refractivity contribution is 6.34. The molecule has 1 atom stereocenters. The molecule has 0 aliphatic rings. The summed E-state index contributed by atoms with van der Waals surface area (Å²) >= 11 is 5.77. The molecule has 0 heterocycles. The van der Waals surface area contributed by atoms with Gasteiger partial charge in [0, 0.05) is 0 Å². The van der Waals surface area contributed by atoms with Crippen molar-refractivity contribution in [3.8, 4) is 0 Å². The lowest BCUT2D eigenvalue weighted by Crippen LogP contribution is -2.15. The Morgan fingerprint density at radius 3 is 2.67 bits per heavy atom. The summed E-state index contributed by atoms with van der Waals surface area (Å²) in [7, 11) is 0. The maximum absolute atomic E-state index is 10.6. The summed E-state index contributed by atoms with van der Waals surface area (Å²) in [6.45, 7) is -0.346. The van der Waals surface area contributed by atoms with Crippen molar-refractivity contribution < 1.29 is 10.0 Å². The van der Waals surface area contributed by atoms with Gasteiger partial charge in [0.25, 0.3) is 0 Å². The van der Waals surface area contributed by atoms with Gasteiger partial charge in [-0.2, -0.15) is 0 Å². The zero-order valence-corrected chi connectivity index (χ0v) is 8.44. The van der Waals surface area contributed by atoms with Crippen molar-refractivity contribution in [1.29, 1.82) is 0 Å². The van der Waals surface area contributed by atoms with E-state index in [-0.39, 0.29) is 23.0 Å². The number of anilines is 1. The Morgan fingerprint density at radius 1 is 1.60 bits per heavy atom. The zero-order valence-electron chi connectivity index (χ0n) is 7.68. The second-order valence-corrected chi connectivity index (χ2v) is 3.33. The number of aliphatic hydroxyl groups is 1. The second kappa shape index (κ2) is 4.43. The fourth-order valence-electron chi connectivity index (χ4n) is 1.17. The highest BCUT2D eigenvalue weighted by Crippen LogP contribution is 2.35. The molecule has 15 heavy (non-hydrogen) atoms. The fraction of sp³-hybridized carbons (Fsp3) is 0.250. The minimum Gasteiger partial charge on any atom is -0.394 e. The Hall–Kier alpha value is -1.37. The number of benzene rings is 1. The summed E-state index contributed by atoms with van der Waals surface area (Å²) < 4.78 is 0. The molecule has 1 rings (SSSR count). The number of halogens is 1. The first-order valence-electron chi connectivity index (χ1n) is 4.07. The van der Waals surface area contributed by atoms with Crippen LogP contribution < -0.4 is 11.5 Å². The Bertz CT molecular complexity index is 397. The van der Waals surface area contributed by atoms with E-state index in [0.717, 1.165) is 0 Å². The van der Waals surface area contributed by atoms with Crippen LogP contribution in [-0.2, 0) is 0 Å². The molecule has 0 aliphatic heterocycles. The summed E-state index contributed by atoms with van der Waals surface area (Å²) in [4.78, 5) is 9.97. The minimum absolute atomic E-state index is 0.0288. The normalized spacial score (nSPS) is 12.5. The van der Waals surface area contributed by atoms with E-state index >= 15 is 0 Å². The van der Waals surface area contributed by atoms with Crippen molar-refractivity contribution in [2.24, 2.45) is 5.73 Å². The molecular weight excluding hydrogens is 222 g/mol. The number of hydrogen-bond acceptors (Lipinski definition) is 5. The molecule has 5 N–H and O–H groups in total. The van der Waals surface area contributed by atoms with E-state index in [2.05, 4.69) is 0 Å². The highest BCUT2D eigenvalue weighted by Gasteiger charge is 2.22. The molecule has 82 valence electrons. The van der Waals surface area contributed by atoms with Crippen LogP contribution in [0.15, 0.2) is 12.1 Å². The Balaban J connectivity index is 3.34. The zero-order chi connectivity index (χ0) is 11.6. The predicted molar refractivity (Wildman–Crippen MR) is 56.5 cm³/mol. The van der Waals surface area contributed by atoms with Crippen LogP contribution in [0.3, 0.4) is 0 Å². The average Bonchev–Trinajstić information content (AvgIpc) is 2.16. The van der Waals surface area contributed by atoms with Gasteiger partial charge in [-0.15, -0.1) is 0 Å². The Kier molecular flexibility index (Phi) is 3.46. The third-order valence-electron chi connectivity index (χ3n) is 1.96. The molecule has 0 bridgehead atoms. The minimum atomic E-state index is -0.753. The Morgan fingerprint density at radius 2 is 2.20 bits per heavy atom. The van der Waals surface area contributed by atoms with Gasteiger partial charge in [0.05, 0.1) is 17.6 Å². The van der Waals surface area contributed by atoms with Crippen LogP contribution in [-0.4, -0.2) is 16.6 Å². The maximum Gasteiger partial charge on any atom is 0.310 e. The summed E-state index contributed by atoms with van der Waals surface area (Å²) in [6.07, 6.45) is 0. The van der Waals surface area contributed by atoms with Crippen LogP contribution in [0, 0.1) is 10.1 Å². The van der Waals surface area contributed by atoms with Gasteiger partial charge in [-0.3, -0.25) is 10.1 Å². The van der Waals surface area contributed by atoms with Crippen molar-refractivity contribution >= 4 is 23.0 Å². The van der Waals surface area contributed by atoms with Gasteiger partial charge in [0.15, 0.2) is 0 Å². The molecule has 0 fully saturated rings. The first kappa shape index (κ1) is 11.7. The topological polar surface area (TPSA) is 115 Å². The molecule has 1 aromatic rings. The quantitative estimate of drug-likeness (QED) is 0.405. The van der Waals surface area contributed by atoms with Crippen molar-refractivity contribution in [2.75, 3.05) is 12.3 Å². The first-order valence-corrected chi connectivity index (χ1v) is 4.45. The number of hydrogen-bond donors (Lipinski definition) is 3. The van der Waals surface area contributed by atoms with Crippen molar-refractivity contribution in [1.82, 2.24) is 0 Å². The number of nitro benzene ring substituents is 1. The largest absolute Gasteiger partial charge is 0.394 e. The average molecular weight is 232 g/mol. The molecule has 6 nitrogen and oxygen atoms in total. The van der Waals surface area contributed by atoms with E-state index < -0.39 is 11.0 Å². The molecule has 0 saturated heterocycles. The van der Waals surface area contributed by atoms with Gasteiger partial charge in [0.1, 0.15) is 10.7 Å². The van der Waals surface area contributed by atoms with Gasteiger partial charge in [-0.25, -0.2) is 0 Å². The molecule has 7 heteroatoms. The Labute approximate surface area is 90.6 Å². The monoisotopic (exact) mass is 231 g/mol. The SMILES string of the molecule is Nc1ccc([C@@H](N)CO)c(Cl)c1[N+](=O)[O-]. The molecular formula is C8H10ClN3O3. The lowest BCUT2D eigenvalue weighted by Gasteiger charge is -2.11. The predicted octanol–water partition coefficient (Wildman–Crippen LogP) is 0.823. The molecule has 0 amide bonds. The number of rotatable bonds is 3. The van der Waals surface area contributed by atoms with Gasteiger partial charge in [0.2, 0.25) is 0 Å². The third kappa shape index (κ3) is 2.17. The molecule has 0 spiro atoms. The van der Waals surface area contributed by atoms with Crippen LogP contribution in [0.1, 0.15) is 11.6 Å². The van der Waals surface area contributed by atoms with Gasteiger partial charge in [-0.1, -0.05) is 17.7 Å². The van der Waals surface area contributed by atoms with Gasteiger partial charge in [-0.05, 0) is 11.6 Å². The van der Waals surface area contributed by atoms with E-state index in [4.69, 9.17) is 28.2 Å². The van der Waals surface area contributed by atoms with Crippen LogP contribution in [0.25, 0.3) is 0 Å². The van der Waals surface area contributed by atoms with Crippen molar-refractivity contribution in [3.63, 3.8) is 0 Å². The lowest BCUT2D eigenvalue weighted by atomic mass is 10.1.